The van der Waals surface area contributed by atoms with E-state index in [0.717, 1.165) is 11.5 Å². The average Bonchev–Trinajstić information content (AvgIpc) is 2.81. The molecule has 2 N–H and O–H groups in total. The van der Waals surface area contributed by atoms with Gasteiger partial charge in [0.2, 0.25) is 0 Å². The minimum Gasteiger partial charge on any atom is -0.469 e. The van der Waals surface area contributed by atoms with Crippen LogP contribution >= 0.6 is 0 Å². The van der Waals surface area contributed by atoms with Gasteiger partial charge in [-0.25, -0.2) is 9.97 Å². The van der Waals surface area contributed by atoms with Crippen LogP contribution in [0.15, 0.2) is 29.1 Å². The van der Waals surface area contributed by atoms with Crippen LogP contribution < -0.4 is 5.73 Å². The molecule has 3 rings (SSSR count). The van der Waals surface area contributed by atoms with Crippen molar-refractivity contribution in [1.29, 1.82) is 0 Å². The number of Topliss-reactive ketones (excluding diaryl/α,β-unsaturated/α-hetero) is 1. The third-order valence-electron chi connectivity index (χ3n) is 3.05. The molecule has 5 nitrogen and oxygen atoms in total. The molecule has 0 amide bonds. The number of hydrogen-bond donors (Lipinski definition) is 1. The Bertz CT molecular complexity index is 563. The second-order valence-corrected chi connectivity index (χ2v) is 4.12. The van der Waals surface area contributed by atoms with Crippen molar-refractivity contribution in [2.75, 3.05) is 5.73 Å². The van der Waals surface area contributed by atoms with Crippen LogP contribution in [0.1, 0.15) is 34.2 Å². The van der Waals surface area contributed by atoms with Crippen LogP contribution in [-0.4, -0.2) is 15.8 Å². The average molecular weight is 229 g/mol. The Morgan fingerprint density at radius 3 is 3.00 bits per heavy atom. The molecular weight excluding hydrogens is 218 g/mol. The van der Waals surface area contributed by atoms with Gasteiger partial charge in [0.05, 0.1) is 17.5 Å². The van der Waals surface area contributed by atoms with Gasteiger partial charge in [0.25, 0.3) is 0 Å². The molecule has 1 unspecified atom stereocenters. The molecule has 0 aromatic carbocycles. The summed E-state index contributed by atoms with van der Waals surface area (Å²) in [5.41, 5.74) is 6.90. The summed E-state index contributed by atoms with van der Waals surface area (Å²) in [4.78, 5) is 20.0. The highest BCUT2D eigenvalue weighted by Crippen LogP contribution is 2.33. The van der Waals surface area contributed by atoms with Crippen molar-refractivity contribution in [3.8, 4) is 0 Å². The number of nitrogens with zero attached hydrogens (tertiary/aromatic N) is 2. The van der Waals surface area contributed by atoms with Crippen molar-refractivity contribution in [3.63, 3.8) is 0 Å². The molecule has 0 saturated heterocycles. The third-order valence-corrected chi connectivity index (χ3v) is 3.05. The molecule has 0 spiro atoms. The third kappa shape index (κ3) is 1.60. The van der Waals surface area contributed by atoms with Crippen molar-refractivity contribution in [3.05, 3.63) is 41.7 Å². The fourth-order valence-corrected chi connectivity index (χ4v) is 2.25. The quantitative estimate of drug-likeness (QED) is 0.802. The summed E-state index contributed by atoms with van der Waals surface area (Å²) in [6, 6.07) is 3.71. The maximum Gasteiger partial charge on any atom is 0.169 e. The lowest BCUT2D eigenvalue weighted by Crippen LogP contribution is -2.22. The van der Waals surface area contributed by atoms with Crippen molar-refractivity contribution in [2.24, 2.45) is 0 Å². The van der Waals surface area contributed by atoms with Crippen molar-refractivity contribution in [1.82, 2.24) is 9.97 Å². The number of ketones is 1. The van der Waals surface area contributed by atoms with Crippen LogP contribution in [0.3, 0.4) is 0 Å². The van der Waals surface area contributed by atoms with E-state index in [9.17, 15) is 4.79 Å². The zero-order valence-corrected chi connectivity index (χ0v) is 9.09. The zero-order chi connectivity index (χ0) is 11.8. The predicted molar refractivity (Wildman–Crippen MR) is 60.5 cm³/mol. The SMILES string of the molecule is Nc1ncnc2c1C(=O)CC(c1ccco1)C2. The summed E-state index contributed by atoms with van der Waals surface area (Å²) in [6.45, 7) is 0. The number of nitrogen functional groups attached to an aromatic ring is 1. The van der Waals surface area contributed by atoms with Gasteiger partial charge in [0.15, 0.2) is 5.78 Å². The molecule has 17 heavy (non-hydrogen) atoms. The Kier molecular flexibility index (Phi) is 2.18. The number of fused-ring (bicyclic) bond motifs is 1. The molecule has 1 atom stereocenters. The lowest BCUT2D eigenvalue weighted by Gasteiger charge is -2.21. The summed E-state index contributed by atoms with van der Waals surface area (Å²) in [5.74, 6) is 1.14. The lowest BCUT2D eigenvalue weighted by atomic mass is 9.84. The maximum absolute atomic E-state index is 12.0. The van der Waals surface area contributed by atoms with Gasteiger partial charge in [0.1, 0.15) is 17.9 Å². The summed E-state index contributed by atoms with van der Waals surface area (Å²) in [7, 11) is 0. The molecule has 0 bridgehead atoms. The standard InChI is InChI=1S/C12H11N3O2/c13-12-11-8(14-6-15-12)4-7(5-9(11)16)10-2-1-3-17-10/h1-3,6-7H,4-5H2,(H2,13,14,15). The topological polar surface area (TPSA) is 82.0 Å². The van der Waals surface area contributed by atoms with E-state index in [4.69, 9.17) is 10.2 Å². The first-order chi connectivity index (χ1) is 8.25. The highest BCUT2D eigenvalue weighted by atomic mass is 16.3. The fraction of sp³-hybridized carbons (Fsp3) is 0.250. The number of nitrogens with two attached hydrogens (primary N) is 1. The second-order valence-electron chi connectivity index (χ2n) is 4.12. The first-order valence-electron chi connectivity index (χ1n) is 5.41. The van der Waals surface area contributed by atoms with E-state index < -0.39 is 0 Å². The Morgan fingerprint density at radius 2 is 2.24 bits per heavy atom. The van der Waals surface area contributed by atoms with Gasteiger partial charge in [-0.1, -0.05) is 0 Å². The molecule has 0 aliphatic heterocycles. The molecule has 0 saturated carbocycles. The van der Waals surface area contributed by atoms with Crippen LogP contribution in [0, 0.1) is 0 Å². The predicted octanol–water partition coefficient (Wildman–Crippen LogP) is 1.56. The van der Waals surface area contributed by atoms with Gasteiger partial charge in [-0.15, -0.1) is 0 Å². The molecule has 2 aromatic rings. The Labute approximate surface area is 97.7 Å². The molecule has 2 heterocycles. The normalized spacial score (nSPS) is 19.1. The van der Waals surface area contributed by atoms with Gasteiger partial charge in [-0.3, -0.25) is 4.79 Å². The van der Waals surface area contributed by atoms with Gasteiger partial charge < -0.3 is 10.2 Å². The monoisotopic (exact) mass is 229 g/mol. The summed E-state index contributed by atoms with van der Waals surface area (Å²) in [6.07, 6.45) is 4.08. The zero-order valence-electron chi connectivity index (χ0n) is 9.09. The number of hydrogen-bond acceptors (Lipinski definition) is 5. The number of carbonyl (C=O) groups excluding carboxylic acids is 1. The summed E-state index contributed by atoms with van der Waals surface area (Å²) < 4.78 is 5.34. The minimum atomic E-state index is -0.00856. The number of carbonyl (C=O) groups is 1. The fourth-order valence-electron chi connectivity index (χ4n) is 2.25. The molecular formula is C12H11N3O2. The van der Waals surface area contributed by atoms with E-state index in [1.807, 2.05) is 12.1 Å². The first-order valence-corrected chi connectivity index (χ1v) is 5.41. The summed E-state index contributed by atoms with van der Waals surface area (Å²) in [5, 5.41) is 0. The van der Waals surface area contributed by atoms with Crippen LogP contribution in [-0.2, 0) is 6.42 Å². The Balaban J connectivity index is 2.02. The van der Waals surface area contributed by atoms with E-state index in [0.29, 0.717) is 18.4 Å². The van der Waals surface area contributed by atoms with E-state index in [2.05, 4.69) is 9.97 Å². The van der Waals surface area contributed by atoms with Gasteiger partial charge in [0, 0.05) is 18.8 Å². The number of furan rings is 1. The number of aromatic nitrogens is 2. The van der Waals surface area contributed by atoms with E-state index in [1.165, 1.54) is 6.33 Å². The molecule has 1 aliphatic rings. The van der Waals surface area contributed by atoms with E-state index in [1.54, 1.807) is 6.26 Å². The Hall–Kier alpha value is -2.17. The molecule has 2 aromatic heterocycles. The molecule has 1 aliphatic carbocycles. The molecule has 0 fully saturated rings. The van der Waals surface area contributed by atoms with Crippen LogP contribution in [0.2, 0.25) is 0 Å². The highest BCUT2D eigenvalue weighted by Gasteiger charge is 2.30. The van der Waals surface area contributed by atoms with Crippen molar-refractivity contribution < 1.29 is 9.21 Å². The van der Waals surface area contributed by atoms with Crippen LogP contribution in [0.25, 0.3) is 0 Å². The summed E-state index contributed by atoms with van der Waals surface area (Å²) >= 11 is 0. The molecule has 0 radical (unpaired) electrons. The second kappa shape index (κ2) is 3.69. The lowest BCUT2D eigenvalue weighted by molar-refractivity contribution is 0.0959. The number of rotatable bonds is 1. The van der Waals surface area contributed by atoms with Crippen LogP contribution in [0.5, 0.6) is 0 Å². The van der Waals surface area contributed by atoms with Crippen LogP contribution in [0.4, 0.5) is 5.82 Å². The maximum atomic E-state index is 12.0. The molecule has 86 valence electrons. The van der Waals surface area contributed by atoms with Gasteiger partial charge >= 0.3 is 0 Å². The minimum absolute atomic E-state index is 0.00856. The van der Waals surface area contributed by atoms with Gasteiger partial charge in [-0.05, 0) is 12.1 Å². The highest BCUT2D eigenvalue weighted by molar-refractivity contribution is 6.02. The first kappa shape index (κ1) is 10.0. The number of anilines is 1. The largest absolute Gasteiger partial charge is 0.469 e. The van der Waals surface area contributed by atoms with Gasteiger partial charge in [-0.2, -0.15) is 0 Å². The molecule has 5 heteroatoms. The van der Waals surface area contributed by atoms with Crippen molar-refractivity contribution >= 4 is 11.6 Å². The van der Waals surface area contributed by atoms with E-state index in [-0.39, 0.29) is 17.5 Å². The Morgan fingerprint density at radius 1 is 1.35 bits per heavy atom. The van der Waals surface area contributed by atoms with E-state index >= 15 is 0 Å². The van der Waals surface area contributed by atoms with Crippen molar-refractivity contribution in [2.45, 2.75) is 18.8 Å². The smallest absolute Gasteiger partial charge is 0.169 e.